The van der Waals surface area contributed by atoms with E-state index < -0.39 is 17.6 Å². The van der Waals surface area contributed by atoms with Gasteiger partial charge < -0.3 is 15.4 Å². The Morgan fingerprint density at radius 2 is 1.64 bits per heavy atom. The molecule has 3 aromatic rings. The number of ether oxygens (including phenoxy) is 1. The zero-order valence-corrected chi connectivity index (χ0v) is 15.5. The van der Waals surface area contributed by atoms with Crippen LogP contribution in [0.3, 0.4) is 0 Å². The van der Waals surface area contributed by atoms with E-state index in [-0.39, 0.29) is 11.3 Å². The SMILES string of the molecule is COc1ccc(NC(=O)c2cc(C(=O)Nc3ccc(F)cc3)ccn2)cc1Cl. The summed E-state index contributed by atoms with van der Waals surface area (Å²) >= 11 is 6.04. The number of amides is 2. The second kappa shape index (κ2) is 8.49. The van der Waals surface area contributed by atoms with Crippen molar-refractivity contribution in [2.24, 2.45) is 0 Å². The molecule has 2 N–H and O–H groups in total. The Labute approximate surface area is 165 Å². The Morgan fingerprint density at radius 3 is 2.32 bits per heavy atom. The van der Waals surface area contributed by atoms with E-state index in [2.05, 4.69) is 15.6 Å². The Hall–Kier alpha value is -3.45. The van der Waals surface area contributed by atoms with Gasteiger partial charge in [-0.05, 0) is 54.6 Å². The molecule has 0 spiro atoms. The highest BCUT2D eigenvalue weighted by molar-refractivity contribution is 6.32. The maximum absolute atomic E-state index is 13.0. The van der Waals surface area contributed by atoms with Crippen molar-refractivity contribution in [3.63, 3.8) is 0 Å². The van der Waals surface area contributed by atoms with Gasteiger partial charge in [0.1, 0.15) is 17.3 Å². The summed E-state index contributed by atoms with van der Waals surface area (Å²) in [5.41, 5.74) is 1.18. The van der Waals surface area contributed by atoms with Crippen molar-refractivity contribution in [2.45, 2.75) is 0 Å². The van der Waals surface area contributed by atoms with Crippen molar-refractivity contribution in [3.8, 4) is 5.75 Å². The van der Waals surface area contributed by atoms with Gasteiger partial charge in [0.15, 0.2) is 0 Å². The smallest absolute Gasteiger partial charge is 0.274 e. The molecule has 0 radical (unpaired) electrons. The molecular formula is C20H15ClFN3O3. The lowest BCUT2D eigenvalue weighted by Gasteiger charge is -2.09. The molecule has 142 valence electrons. The van der Waals surface area contributed by atoms with Gasteiger partial charge in [0.05, 0.1) is 12.1 Å². The number of rotatable bonds is 5. The molecule has 0 unspecified atom stereocenters. The minimum atomic E-state index is -0.502. The van der Waals surface area contributed by atoms with E-state index in [0.29, 0.717) is 22.1 Å². The van der Waals surface area contributed by atoms with Gasteiger partial charge in [0.2, 0.25) is 0 Å². The van der Waals surface area contributed by atoms with Gasteiger partial charge in [0.25, 0.3) is 11.8 Å². The van der Waals surface area contributed by atoms with Crippen LogP contribution >= 0.6 is 11.6 Å². The van der Waals surface area contributed by atoms with Gasteiger partial charge in [0, 0.05) is 23.1 Å². The number of nitrogens with one attached hydrogen (secondary N) is 2. The molecule has 0 saturated heterocycles. The lowest BCUT2D eigenvalue weighted by Crippen LogP contribution is -2.17. The number of carbonyl (C=O) groups excluding carboxylic acids is 2. The van der Waals surface area contributed by atoms with Gasteiger partial charge >= 0.3 is 0 Å². The maximum atomic E-state index is 13.0. The largest absolute Gasteiger partial charge is 0.495 e. The average Bonchev–Trinajstić information content (AvgIpc) is 2.70. The van der Waals surface area contributed by atoms with Crippen LogP contribution in [0.15, 0.2) is 60.8 Å². The van der Waals surface area contributed by atoms with Gasteiger partial charge in [-0.2, -0.15) is 0 Å². The number of aromatic nitrogens is 1. The number of nitrogens with zero attached hydrogens (tertiary/aromatic N) is 1. The molecule has 1 heterocycles. The topological polar surface area (TPSA) is 80.3 Å². The fourth-order valence-corrected chi connectivity index (χ4v) is 2.63. The minimum Gasteiger partial charge on any atom is -0.495 e. The van der Waals surface area contributed by atoms with Crippen LogP contribution in [0.4, 0.5) is 15.8 Å². The first kappa shape index (κ1) is 19.3. The zero-order chi connectivity index (χ0) is 20.1. The molecule has 0 atom stereocenters. The summed E-state index contributed by atoms with van der Waals surface area (Å²) in [7, 11) is 1.49. The Morgan fingerprint density at radius 1 is 0.964 bits per heavy atom. The summed E-state index contributed by atoms with van der Waals surface area (Å²) in [5, 5.41) is 5.63. The molecular weight excluding hydrogens is 385 g/mol. The van der Waals surface area contributed by atoms with Crippen LogP contribution in [0.5, 0.6) is 5.75 Å². The highest BCUT2D eigenvalue weighted by Crippen LogP contribution is 2.27. The molecule has 3 rings (SSSR count). The van der Waals surface area contributed by atoms with E-state index in [1.807, 2.05) is 0 Å². The van der Waals surface area contributed by atoms with Gasteiger partial charge in [-0.25, -0.2) is 4.39 Å². The van der Waals surface area contributed by atoms with E-state index in [0.717, 1.165) is 0 Å². The number of methoxy groups -OCH3 is 1. The van der Waals surface area contributed by atoms with Crippen molar-refractivity contribution >= 4 is 34.8 Å². The normalized spacial score (nSPS) is 10.2. The minimum absolute atomic E-state index is 0.0543. The molecule has 6 nitrogen and oxygen atoms in total. The predicted octanol–water partition coefficient (Wildman–Crippen LogP) is 4.39. The second-order valence-electron chi connectivity index (χ2n) is 5.69. The molecule has 0 fully saturated rings. The van der Waals surface area contributed by atoms with E-state index in [4.69, 9.17) is 16.3 Å². The quantitative estimate of drug-likeness (QED) is 0.667. The summed E-state index contributed by atoms with van der Waals surface area (Å²) in [6, 6.07) is 13.0. The number of hydrogen-bond acceptors (Lipinski definition) is 4. The Balaban J connectivity index is 1.73. The van der Waals surface area contributed by atoms with E-state index in [1.54, 1.807) is 18.2 Å². The molecule has 0 saturated carbocycles. The number of benzene rings is 2. The third-order valence-corrected chi connectivity index (χ3v) is 4.06. The highest BCUT2D eigenvalue weighted by Gasteiger charge is 2.13. The fourth-order valence-electron chi connectivity index (χ4n) is 2.37. The third kappa shape index (κ3) is 4.63. The molecule has 0 aliphatic heterocycles. The molecule has 0 aliphatic carbocycles. The van der Waals surface area contributed by atoms with Gasteiger partial charge in [-0.3, -0.25) is 14.6 Å². The lowest BCUT2D eigenvalue weighted by atomic mass is 10.2. The number of hydrogen-bond donors (Lipinski definition) is 2. The van der Waals surface area contributed by atoms with E-state index >= 15 is 0 Å². The van der Waals surface area contributed by atoms with Crippen LogP contribution in [0.25, 0.3) is 0 Å². The fraction of sp³-hybridized carbons (Fsp3) is 0.0500. The van der Waals surface area contributed by atoms with Crippen LogP contribution in [0, 0.1) is 5.82 Å². The number of halogens is 2. The first-order valence-electron chi connectivity index (χ1n) is 8.14. The average molecular weight is 400 g/mol. The number of carbonyl (C=O) groups is 2. The van der Waals surface area contributed by atoms with Crippen molar-refractivity contribution in [1.29, 1.82) is 0 Å². The summed E-state index contributed by atoms with van der Waals surface area (Å²) in [4.78, 5) is 28.8. The summed E-state index contributed by atoms with van der Waals surface area (Å²) in [5.74, 6) is -0.870. The second-order valence-corrected chi connectivity index (χ2v) is 6.10. The first-order valence-corrected chi connectivity index (χ1v) is 8.52. The highest BCUT2D eigenvalue weighted by atomic mass is 35.5. The molecule has 28 heavy (non-hydrogen) atoms. The third-order valence-electron chi connectivity index (χ3n) is 3.77. The summed E-state index contributed by atoms with van der Waals surface area (Å²) in [6.45, 7) is 0. The predicted molar refractivity (Wildman–Crippen MR) is 105 cm³/mol. The van der Waals surface area contributed by atoms with Crippen LogP contribution in [-0.4, -0.2) is 23.9 Å². The van der Waals surface area contributed by atoms with Crippen LogP contribution in [-0.2, 0) is 0 Å². The summed E-state index contributed by atoms with van der Waals surface area (Å²) < 4.78 is 18.0. The molecule has 8 heteroatoms. The van der Waals surface area contributed by atoms with Crippen molar-refractivity contribution in [2.75, 3.05) is 17.7 Å². The Kier molecular flexibility index (Phi) is 5.86. The van der Waals surface area contributed by atoms with E-state index in [9.17, 15) is 14.0 Å². The van der Waals surface area contributed by atoms with Crippen molar-refractivity contribution < 1.29 is 18.7 Å². The van der Waals surface area contributed by atoms with Crippen molar-refractivity contribution in [1.82, 2.24) is 4.98 Å². The molecule has 1 aromatic heterocycles. The summed E-state index contributed by atoms with van der Waals surface area (Å²) in [6.07, 6.45) is 1.36. The molecule has 0 aliphatic rings. The van der Waals surface area contributed by atoms with Gasteiger partial charge in [-0.15, -0.1) is 0 Å². The zero-order valence-electron chi connectivity index (χ0n) is 14.7. The van der Waals surface area contributed by atoms with Gasteiger partial charge in [-0.1, -0.05) is 11.6 Å². The Bertz CT molecular complexity index is 1030. The molecule has 2 aromatic carbocycles. The number of pyridine rings is 1. The molecule has 0 bridgehead atoms. The van der Waals surface area contributed by atoms with Crippen LogP contribution in [0.2, 0.25) is 5.02 Å². The van der Waals surface area contributed by atoms with Crippen molar-refractivity contribution in [3.05, 3.63) is 82.9 Å². The maximum Gasteiger partial charge on any atom is 0.274 e. The number of anilines is 2. The van der Waals surface area contributed by atoms with Crippen LogP contribution in [0.1, 0.15) is 20.8 Å². The van der Waals surface area contributed by atoms with Crippen LogP contribution < -0.4 is 15.4 Å². The standard InChI is InChI=1S/C20H15ClFN3O3/c1-28-18-7-6-15(11-16(18)21)25-20(27)17-10-12(8-9-23-17)19(26)24-14-4-2-13(22)3-5-14/h2-11H,1H3,(H,24,26)(H,25,27). The molecule has 2 amide bonds. The van der Waals surface area contributed by atoms with E-state index in [1.165, 1.54) is 49.7 Å². The lowest BCUT2D eigenvalue weighted by molar-refractivity contribution is 0.102. The first-order chi connectivity index (χ1) is 13.5. The monoisotopic (exact) mass is 399 g/mol.